The van der Waals surface area contributed by atoms with Crippen LogP contribution in [0, 0.1) is 6.92 Å². The van der Waals surface area contributed by atoms with Gasteiger partial charge in [-0.05, 0) is 37.6 Å². The molecule has 0 unspecified atom stereocenters. The van der Waals surface area contributed by atoms with Gasteiger partial charge in [0.1, 0.15) is 5.76 Å². The van der Waals surface area contributed by atoms with Crippen molar-refractivity contribution in [3.8, 4) is 0 Å². The number of carbonyl (C=O) groups is 1. The average Bonchev–Trinajstić information content (AvgIpc) is 2.82. The zero-order chi connectivity index (χ0) is 13.8. The Labute approximate surface area is 119 Å². The van der Waals surface area contributed by atoms with Crippen LogP contribution in [0.2, 0.25) is 0 Å². The maximum atomic E-state index is 11.8. The number of hydrogen-bond acceptors (Lipinski definition) is 3. The number of rotatable bonds is 3. The quantitative estimate of drug-likeness (QED) is 0.695. The first-order valence-corrected chi connectivity index (χ1v) is 6.52. The second kappa shape index (κ2) is 5.84. The molecule has 0 saturated heterocycles. The summed E-state index contributed by atoms with van der Waals surface area (Å²) in [5.74, 6) is 0.299. The molecular weight excluding hydrogens is 308 g/mol. The number of amides is 1. The summed E-state index contributed by atoms with van der Waals surface area (Å²) in [5.41, 5.74) is 4.68. The van der Waals surface area contributed by atoms with E-state index in [0.29, 0.717) is 11.3 Å². The van der Waals surface area contributed by atoms with E-state index in [1.165, 1.54) is 6.26 Å². The van der Waals surface area contributed by atoms with E-state index in [-0.39, 0.29) is 5.91 Å². The van der Waals surface area contributed by atoms with Gasteiger partial charge >= 0.3 is 0 Å². The predicted octanol–water partition coefficient (Wildman–Crippen LogP) is 3.50. The number of nitrogens with zero attached hydrogens (tertiary/aromatic N) is 1. The second-order valence-corrected chi connectivity index (χ2v) is 4.95. The zero-order valence-corrected chi connectivity index (χ0v) is 12.2. The number of aryl methyl sites for hydroxylation is 1. The van der Waals surface area contributed by atoms with Gasteiger partial charge in [0.05, 0.1) is 17.5 Å². The Morgan fingerprint density at radius 1 is 1.37 bits per heavy atom. The number of hydrogen-bond donors (Lipinski definition) is 1. The van der Waals surface area contributed by atoms with Crippen LogP contribution in [0.25, 0.3) is 0 Å². The molecule has 19 heavy (non-hydrogen) atoms. The molecule has 1 heterocycles. The maximum absolute atomic E-state index is 11.8. The van der Waals surface area contributed by atoms with E-state index in [2.05, 4.69) is 26.5 Å². The van der Waals surface area contributed by atoms with Gasteiger partial charge in [0.15, 0.2) is 0 Å². The molecule has 0 aliphatic rings. The van der Waals surface area contributed by atoms with Crippen molar-refractivity contribution in [2.24, 2.45) is 5.10 Å². The number of furan rings is 1. The first-order chi connectivity index (χ1) is 9.08. The Hall–Kier alpha value is -1.88. The number of hydrazone groups is 1. The average molecular weight is 321 g/mol. The van der Waals surface area contributed by atoms with Crippen molar-refractivity contribution in [3.05, 3.63) is 58.0 Å². The molecule has 0 aliphatic carbocycles. The molecule has 0 spiro atoms. The highest BCUT2D eigenvalue weighted by molar-refractivity contribution is 9.10. The van der Waals surface area contributed by atoms with Crippen LogP contribution in [0.5, 0.6) is 0 Å². The number of benzene rings is 1. The number of nitrogens with one attached hydrogen (secondary N) is 1. The fourth-order valence-corrected chi connectivity index (χ4v) is 1.99. The molecule has 4 nitrogen and oxygen atoms in total. The SMILES string of the molecule is C/C(=N/NC(=O)c1ccoc1C)c1cccc(Br)c1. The highest BCUT2D eigenvalue weighted by atomic mass is 79.9. The van der Waals surface area contributed by atoms with Crippen molar-refractivity contribution in [1.29, 1.82) is 0 Å². The molecule has 5 heteroatoms. The summed E-state index contributed by atoms with van der Waals surface area (Å²) in [6, 6.07) is 9.34. The Bertz CT molecular complexity index is 632. The third-order valence-electron chi connectivity index (χ3n) is 2.67. The molecular formula is C14H13BrN2O2. The van der Waals surface area contributed by atoms with Crippen molar-refractivity contribution in [2.45, 2.75) is 13.8 Å². The Morgan fingerprint density at radius 2 is 2.16 bits per heavy atom. The summed E-state index contributed by atoms with van der Waals surface area (Å²) in [6.45, 7) is 3.57. The maximum Gasteiger partial charge on any atom is 0.274 e. The Balaban J connectivity index is 2.11. The Kier molecular flexibility index (Phi) is 4.16. The van der Waals surface area contributed by atoms with E-state index in [4.69, 9.17) is 4.42 Å². The van der Waals surface area contributed by atoms with Gasteiger partial charge in [0.25, 0.3) is 5.91 Å². The van der Waals surface area contributed by atoms with E-state index in [0.717, 1.165) is 15.7 Å². The van der Waals surface area contributed by atoms with Gasteiger partial charge in [-0.1, -0.05) is 28.1 Å². The van der Waals surface area contributed by atoms with E-state index in [1.54, 1.807) is 13.0 Å². The summed E-state index contributed by atoms with van der Waals surface area (Å²) >= 11 is 3.40. The molecule has 1 aromatic carbocycles. The van der Waals surface area contributed by atoms with Crippen molar-refractivity contribution in [3.63, 3.8) is 0 Å². The fraction of sp³-hybridized carbons (Fsp3) is 0.143. The van der Waals surface area contributed by atoms with Crippen LogP contribution in [0.1, 0.15) is 28.6 Å². The molecule has 1 N–H and O–H groups in total. The molecule has 1 aromatic heterocycles. The van der Waals surface area contributed by atoms with Crippen LogP contribution in [-0.2, 0) is 0 Å². The standard InChI is InChI=1S/C14H13BrN2O2/c1-9(11-4-3-5-12(15)8-11)16-17-14(18)13-6-7-19-10(13)2/h3-8H,1-2H3,(H,17,18)/b16-9-. The third kappa shape index (κ3) is 3.32. The van der Waals surface area contributed by atoms with Crippen LogP contribution in [0.15, 0.2) is 50.6 Å². The number of halogens is 1. The molecule has 0 atom stereocenters. The summed E-state index contributed by atoms with van der Waals surface area (Å²) in [5, 5.41) is 4.09. The van der Waals surface area contributed by atoms with E-state index < -0.39 is 0 Å². The van der Waals surface area contributed by atoms with E-state index in [9.17, 15) is 4.79 Å². The molecule has 0 bridgehead atoms. The lowest BCUT2D eigenvalue weighted by Crippen LogP contribution is -2.19. The lowest BCUT2D eigenvalue weighted by atomic mass is 10.1. The second-order valence-electron chi connectivity index (χ2n) is 4.04. The monoisotopic (exact) mass is 320 g/mol. The van der Waals surface area contributed by atoms with Gasteiger partial charge < -0.3 is 4.42 Å². The minimum atomic E-state index is -0.277. The summed E-state index contributed by atoms with van der Waals surface area (Å²) < 4.78 is 6.05. The van der Waals surface area contributed by atoms with Gasteiger partial charge in [-0.15, -0.1) is 0 Å². The van der Waals surface area contributed by atoms with Crippen molar-refractivity contribution >= 4 is 27.5 Å². The first kappa shape index (κ1) is 13.5. The van der Waals surface area contributed by atoms with E-state index in [1.807, 2.05) is 31.2 Å². The number of carbonyl (C=O) groups excluding carboxylic acids is 1. The first-order valence-electron chi connectivity index (χ1n) is 5.72. The van der Waals surface area contributed by atoms with Crippen LogP contribution in [-0.4, -0.2) is 11.6 Å². The van der Waals surface area contributed by atoms with Crippen LogP contribution >= 0.6 is 15.9 Å². The lowest BCUT2D eigenvalue weighted by Gasteiger charge is -2.03. The molecule has 0 saturated carbocycles. The normalized spacial score (nSPS) is 11.4. The van der Waals surface area contributed by atoms with Gasteiger partial charge in [0, 0.05) is 4.47 Å². The minimum absolute atomic E-state index is 0.277. The summed E-state index contributed by atoms with van der Waals surface area (Å²) in [6.07, 6.45) is 1.48. The third-order valence-corrected chi connectivity index (χ3v) is 3.16. The molecule has 98 valence electrons. The molecule has 0 aliphatic heterocycles. The molecule has 2 aromatic rings. The van der Waals surface area contributed by atoms with Gasteiger partial charge in [-0.25, -0.2) is 5.43 Å². The van der Waals surface area contributed by atoms with Gasteiger partial charge in [0.2, 0.25) is 0 Å². The van der Waals surface area contributed by atoms with E-state index >= 15 is 0 Å². The largest absolute Gasteiger partial charge is 0.469 e. The van der Waals surface area contributed by atoms with Crippen LogP contribution in [0.3, 0.4) is 0 Å². The minimum Gasteiger partial charge on any atom is -0.469 e. The highest BCUT2D eigenvalue weighted by Gasteiger charge is 2.10. The summed E-state index contributed by atoms with van der Waals surface area (Å²) in [7, 11) is 0. The molecule has 0 radical (unpaired) electrons. The Morgan fingerprint density at radius 3 is 2.79 bits per heavy atom. The lowest BCUT2D eigenvalue weighted by molar-refractivity contribution is 0.0953. The highest BCUT2D eigenvalue weighted by Crippen LogP contribution is 2.12. The summed E-state index contributed by atoms with van der Waals surface area (Å²) in [4.78, 5) is 11.8. The predicted molar refractivity (Wildman–Crippen MR) is 77.3 cm³/mol. The van der Waals surface area contributed by atoms with Gasteiger partial charge in [-0.2, -0.15) is 5.10 Å². The van der Waals surface area contributed by atoms with Crippen molar-refractivity contribution < 1.29 is 9.21 Å². The van der Waals surface area contributed by atoms with Crippen LogP contribution < -0.4 is 5.43 Å². The molecule has 2 rings (SSSR count). The smallest absolute Gasteiger partial charge is 0.274 e. The molecule has 0 fully saturated rings. The van der Waals surface area contributed by atoms with Crippen LogP contribution in [0.4, 0.5) is 0 Å². The van der Waals surface area contributed by atoms with Crippen molar-refractivity contribution in [2.75, 3.05) is 0 Å². The zero-order valence-electron chi connectivity index (χ0n) is 10.6. The van der Waals surface area contributed by atoms with Crippen molar-refractivity contribution in [1.82, 2.24) is 5.43 Å². The molecule has 1 amide bonds. The topological polar surface area (TPSA) is 54.6 Å². The van der Waals surface area contributed by atoms with Gasteiger partial charge in [-0.3, -0.25) is 4.79 Å². The fourth-order valence-electron chi connectivity index (χ4n) is 1.59.